The number of anilines is 2. The van der Waals surface area contributed by atoms with Crippen molar-refractivity contribution < 1.29 is 4.79 Å². The van der Waals surface area contributed by atoms with Crippen LogP contribution in [0.25, 0.3) is 0 Å². The molecular formula is C21H27N5O. The Bertz CT molecular complexity index is 855. The summed E-state index contributed by atoms with van der Waals surface area (Å²) in [5.74, 6) is 2.33. The fourth-order valence-electron chi connectivity index (χ4n) is 4.52. The number of nitrogens with zero attached hydrogens (tertiary/aromatic N) is 4. The maximum absolute atomic E-state index is 11.9. The van der Waals surface area contributed by atoms with Crippen molar-refractivity contribution in [3.63, 3.8) is 0 Å². The van der Waals surface area contributed by atoms with Crippen molar-refractivity contribution in [2.24, 2.45) is 0 Å². The number of carbonyl (C=O) groups is 1. The van der Waals surface area contributed by atoms with Gasteiger partial charge >= 0.3 is 0 Å². The SMILES string of the molecule is CC(=O)N1[C@H](C)CN(c2cccc(C3CNc4ncc(C)cc43)n2)C[C@@H]1C. The van der Waals surface area contributed by atoms with Crippen LogP contribution in [-0.2, 0) is 4.79 Å². The van der Waals surface area contributed by atoms with Crippen LogP contribution in [0.1, 0.15) is 43.5 Å². The van der Waals surface area contributed by atoms with E-state index in [0.717, 1.165) is 37.0 Å². The van der Waals surface area contributed by atoms with Crippen LogP contribution in [0.3, 0.4) is 0 Å². The molecule has 1 N–H and O–H groups in total. The van der Waals surface area contributed by atoms with E-state index in [1.807, 2.05) is 11.1 Å². The average molecular weight is 365 g/mol. The lowest BCUT2D eigenvalue weighted by atomic mass is 9.97. The van der Waals surface area contributed by atoms with Crippen LogP contribution in [0.15, 0.2) is 30.5 Å². The minimum atomic E-state index is 0.146. The number of hydrogen-bond acceptors (Lipinski definition) is 5. The number of piperazine rings is 1. The van der Waals surface area contributed by atoms with Crippen molar-refractivity contribution in [1.29, 1.82) is 0 Å². The molecule has 4 heterocycles. The summed E-state index contributed by atoms with van der Waals surface area (Å²) in [4.78, 5) is 25.7. The maximum atomic E-state index is 11.9. The van der Waals surface area contributed by atoms with Gasteiger partial charge in [0.05, 0.1) is 5.69 Å². The molecule has 27 heavy (non-hydrogen) atoms. The van der Waals surface area contributed by atoms with Gasteiger partial charge in [0.25, 0.3) is 0 Å². The Balaban J connectivity index is 1.60. The molecule has 0 radical (unpaired) electrons. The minimum absolute atomic E-state index is 0.146. The third kappa shape index (κ3) is 3.24. The van der Waals surface area contributed by atoms with E-state index in [4.69, 9.17) is 4.98 Å². The Morgan fingerprint density at radius 3 is 2.67 bits per heavy atom. The molecule has 2 aromatic rings. The number of fused-ring (bicyclic) bond motifs is 1. The zero-order valence-electron chi connectivity index (χ0n) is 16.4. The highest BCUT2D eigenvalue weighted by Gasteiger charge is 2.32. The van der Waals surface area contributed by atoms with Crippen LogP contribution in [0.5, 0.6) is 0 Å². The molecule has 0 saturated carbocycles. The van der Waals surface area contributed by atoms with E-state index in [1.165, 1.54) is 11.1 Å². The number of nitrogens with one attached hydrogen (secondary N) is 1. The predicted octanol–water partition coefficient (Wildman–Crippen LogP) is 2.79. The Hall–Kier alpha value is -2.63. The number of hydrogen-bond donors (Lipinski definition) is 1. The third-order valence-electron chi connectivity index (χ3n) is 5.62. The normalized spacial score (nSPS) is 24.5. The van der Waals surface area contributed by atoms with E-state index in [-0.39, 0.29) is 23.9 Å². The molecule has 6 nitrogen and oxygen atoms in total. The number of amides is 1. The minimum Gasteiger partial charge on any atom is -0.369 e. The number of rotatable bonds is 2. The van der Waals surface area contributed by atoms with Gasteiger partial charge in [0.2, 0.25) is 5.91 Å². The van der Waals surface area contributed by atoms with E-state index >= 15 is 0 Å². The Labute approximate surface area is 160 Å². The molecule has 1 unspecified atom stereocenters. The van der Waals surface area contributed by atoms with E-state index in [0.29, 0.717) is 0 Å². The van der Waals surface area contributed by atoms with Crippen molar-refractivity contribution >= 4 is 17.5 Å². The second-order valence-corrected chi connectivity index (χ2v) is 7.83. The number of aryl methyl sites for hydroxylation is 1. The molecule has 2 aliphatic heterocycles. The van der Waals surface area contributed by atoms with Gasteiger partial charge in [0.15, 0.2) is 0 Å². The van der Waals surface area contributed by atoms with Gasteiger partial charge in [-0.1, -0.05) is 12.1 Å². The van der Waals surface area contributed by atoms with Gasteiger partial charge in [-0.3, -0.25) is 4.79 Å². The largest absolute Gasteiger partial charge is 0.369 e. The summed E-state index contributed by atoms with van der Waals surface area (Å²) in [6.07, 6.45) is 1.90. The van der Waals surface area contributed by atoms with Crippen molar-refractivity contribution in [3.05, 3.63) is 47.3 Å². The molecule has 0 aliphatic carbocycles. The molecule has 0 spiro atoms. The molecule has 4 rings (SSSR count). The maximum Gasteiger partial charge on any atom is 0.220 e. The summed E-state index contributed by atoms with van der Waals surface area (Å²) in [5.41, 5.74) is 3.46. The summed E-state index contributed by atoms with van der Waals surface area (Å²) in [7, 11) is 0. The van der Waals surface area contributed by atoms with E-state index in [1.54, 1.807) is 6.92 Å². The van der Waals surface area contributed by atoms with Crippen molar-refractivity contribution in [3.8, 4) is 0 Å². The number of pyridine rings is 2. The van der Waals surface area contributed by atoms with Crippen LogP contribution in [-0.4, -0.2) is 52.5 Å². The zero-order chi connectivity index (χ0) is 19.1. The highest BCUT2D eigenvalue weighted by molar-refractivity contribution is 5.74. The standard InChI is InChI=1S/C21H27N5O/c1-13-8-17-18(10-23-21(17)22-9-13)19-6-5-7-20(24-19)25-11-14(2)26(16(4)27)15(3)12-25/h5-9,14-15,18H,10-12H2,1-4H3,(H,22,23)/t14-,15+,18?. The topological polar surface area (TPSA) is 61.4 Å². The van der Waals surface area contributed by atoms with Crippen LogP contribution in [0.4, 0.5) is 11.6 Å². The zero-order valence-corrected chi connectivity index (χ0v) is 16.4. The quantitative estimate of drug-likeness (QED) is 0.887. The van der Waals surface area contributed by atoms with Gasteiger partial charge in [-0.15, -0.1) is 0 Å². The Kier molecular flexibility index (Phi) is 4.50. The first-order chi connectivity index (χ1) is 12.9. The van der Waals surface area contributed by atoms with Crippen LogP contribution < -0.4 is 10.2 Å². The van der Waals surface area contributed by atoms with Gasteiger partial charge < -0.3 is 15.1 Å². The molecule has 1 saturated heterocycles. The first kappa shape index (κ1) is 17.8. The van der Waals surface area contributed by atoms with Gasteiger partial charge in [-0.25, -0.2) is 9.97 Å². The van der Waals surface area contributed by atoms with E-state index in [9.17, 15) is 4.79 Å². The lowest BCUT2D eigenvalue weighted by Crippen LogP contribution is -2.58. The second kappa shape index (κ2) is 6.83. The average Bonchev–Trinajstić information content (AvgIpc) is 3.04. The first-order valence-electron chi connectivity index (χ1n) is 9.65. The van der Waals surface area contributed by atoms with E-state index in [2.05, 4.69) is 60.2 Å². The fourth-order valence-corrected chi connectivity index (χ4v) is 4.52. The van der Waals surface area contributed by atoms with Crippen LogP contribution in [0, 0.1) is 6.92 Å². The van der Waals surface area contributed by atoms with Crippen LogP contribution in [0.2, 0.25) is 0 Å². The van der Waals surface area contributed by atoms with Gasteiger partial charge in [-0.2, -0.15) is 0 Å². The lowest BCUT2D eigenvalue weighted by Gasteiger charge is -2.44. The van der Waals surface area contributed by atoms with Gasteiger partial charge in [0, 0.05) is 56.3 Å². The molecule has 0 aromatic carbocycles. The molecule has 1 amide bonds. The third-order valence-corrected chi connectivity index (χ3v) is 5.62. The molecule has 2 aliphatic rings. The smallest absolute Gasteiger partial charge is 0.220 e. The predicted molar refractivity (Wildman–Crippen MR) is 107 cm³/mol. The molecule has 1 fully saturated rings. The van der Waals surface area contributed by atoms with Crippen molar-refractivity contribution in [2.75, 3.05) is 29.9 Å². The second-order valence-electron chi connectivity index (χ2n) is 7.83. The summed E-state index contributed by atoms with van der Waals surface area (Å²) >= 11 is 0. The molecular weight excluding hydrogens is 338 g/mol. The summed E-state index contributed by atoms with van der Waals surface area (Å²) < 4.78 is 0. The summed E-state index contributed by atoms with van der Waals surface area (Å²) in [6, 6.07) is 8.83. The van der Waals surface area contributed by atoms with Gasteiger partial charge in [0.1, 0.15) is 11.6 Å². The molecule has 142 valence electrons. The molecule has 2 aromatic heterocycles. The van der Waals surface area contributed by atoms with Crippen molar-refractivity contribution in [2.45, 2.75) is 45.7 Å². The lowest BCUT2D eigenvalue weighted by molar-refractivity contribution is -0.133. The highest BCUT2D eigenvalue weighted by Crippen LogP contribution is 2.35. The van der Waals surface area contributed by atoms with Crippen LogP contribution >= 0.6 is 0 Å². The molecule has 6 heteroatoms. The molecule has 3 atom stereocenters. The summed E-state index contributed by atoms with van der Waals surface area (Å²) in [6.45, 7) is 10.4. The van der Waals surface area contributed by atoms with Crippen molar-refractivity contribution in [1.82, 2.24) is 14.9 Å². The van der Waals surface area contributed by atoms with E-state index < -0.39 is 0 Å². The summed E-state index contributed by atoms with van der Waals surface area (Å²) in [5, 5.41) is 3.40. The first-order valence-corrected chi connectivity index (χ1v) is 9.65. The fraction of sp³-hybridized carbons (Fsp3) is 0.476. The Morgan fingerprint density at radius 2 is 1.96 bits per heavy atom. The molecule has 0 bridgehead atoms. The number of aromatic nitrogens is 2. The highest BCUT2D eigenvalue weighted by atomic mass is 16.2. The monoisotopic (exact) mass is 365 g/mol. The van der Waals surface area contributed by atoms with Gasteiger partial charge in [-0.05, 0) is 38.5 Å². The number of carbonyl (C=O) groups excluding carboxylic acids is 1. The Morgan fingerprint density at radius 1 is 1.22 bits per heavy atom.